The Labute approximate surface area is 110 Å². The van der Waals surface area contributed by atoms with Gasteiger partial charge in [-0.2, -0.15) is 0 Å². The van der Waals surface area contributed by atoms with E-state index in [0.717, 1.165) is 29.6 Å². The molecule has 3 aliphatic carbocycles. The van der Waals surface area contributed by atoms with Crippen LogP contribution in [0.5, 0.6) is 0 Å². The first kappa shape index (κ1) is 12.5. The molecule has 0 heterocycles. The largest absolute Gasteiger partial charge is 0.138 e. The van der Waals surface area contributed by atoms with Gasteiger partial charge in [0.1, 0.15) is 0 Å². The van der Waals surface area contributed by atoms with Crippen molar-refractivity contribution in [2.24, 2.45) is 29.6 Å². The Hall–Kier alpha value is 0.430. The maximum absolute atomic E-state index is 2.93. The Morgan fingerprint density at radius 2 is 1.18 bits per heavy atom. The Bertz CT molecular complexity index is 228. The molecule has 3 saturated carbocycles. The summed E-state index contributed by atoms with van der Waals surface area (Å²) in [5.41, 5.74) is 0. The summed E-state index contributed by atoms with van der Waals surface area (Å²) < 4.78 is 0. The van der Waals surface area contributed by atoms with E-state index in [1.807, 2.05) is 0 Å². The highest BCUT2D eigenvalue weighted by atomic mass is 31.0. The second kappa shape index (κ2) is 5.60. The second-order valence-corrected chi connectivity index (χ2v) is 7.40. The number of fused-ring (bicyclic) bond motifs is 3. The van der Waals surface area contributed by atoms with Crippen LogP contribution in [0.1, 0.15) is 64.2 Å². The molecule has 0 saturated heterocycles. The van der Waals surface area contributed by atoms with Crippen molar-refractivity contribution in [1.82, 2.24) is 0 Å². The highest BCUT2D eigenvalue weighted by Gasteiger charge is 2.50. The van der Waals surface area contributed by atoms with Gasteiger partial charge in [-0.1, -0.05) is 25.7 Å². The highest BCUT2D eigenvalue weighted by molar-refractivity contribution is 7.16. The van der Waals surface area contributed by atoms with E-state index >= 15 is 0 Å². The minimum atomic E-state index is 1.13. The van der Waals surface area contributed by atoms with Gasteiger partial charge in [0.15, 0.2) is 0 Å². The van der Waals surface area contributed by atoms with E-state index in [9.17, 15) is 0 Å². The van der Waals surface area contributed by atoms with Crippen LogP contribution in [0.25, 0.3) is 0 Å². The summed E-state index contributed by atoms with van der Waals surface area (Å²) in [4.78, 5) is 0. The second-order valence-electron chi connectivity index (χ2n) is 6.82. The van der Waals surface area contributed by atoms with Crippen LogP contribution in [0.4, 0.5) is 0 Å². The molecule has 0 bridgehead atoms. The van der Waals surface area contributed by atoms with Crippen LogP contribution in [0.15, 0.2) is 0 Å². The van der Waals surface area contributed by atoms with Gasteiger partial charge in [0.25, 0.3) is 0 Å². The Morgan fingerprint density at radius 3 is 1.65 bits per heavy atom. The molecule has 17 heavy (non-hydrogen) atoms. The van der Waals surface area contributed by atoms with E-state index in [0.29, 0.717) is 0 Å². The Kier molecular flexibility index (Phi) is 4.11. The molecule has 0 amide bonds. The lowest BCUT2D eigenvalue weighted by molar-refractivity contribution is 0.184. The molecule has 0 aliphatic heterocycles. The summed E-state index contributed by atoms with van der Waals surface area (Å²) in [6.45, 7) is 0. The van der Waals surface area contributed by atoms with Crippen molar-refractivity contribution in [1.29, 1.82) is 0 Å². The van der Waals surface area contributed by atoms with Crippen molar-refractivity contribution >= 4 is 9.24 Å². The van der Waals surface area contributed by atoms with Crippen LogP contribution >= 0.6 is 9.24 Å². The van der Waals surface area contributed by atoms with Gasteiger partial charge in [0, 0.05) is 0 Å². The summed E-state index contributed by atoms with van der Waals surface area (Å²) in [5, 5.41) is 0. The normalized spacial score (nSPS) is 45.4. The molecule has 98 valence electrons. The van der Waals surface area contributed by atoms with Gasteiger partial charge >= 0.3 is 0 Å². The fraction of sp³-hybridized carbons (Fsp3) is 1.00. The van der Waals surface area contributed by atoms with E-state index in [4.69, 9.17) is 0 Å². The smallest absolute Gasteiger partial charge is 0.0352 e. The molecule has 0 radical (unpaired) electrons. The highest BCUT2D eigenvalue weighted by Crippen LogP contribution is 2.58. The van der Waals surface area contributed by atoms with Crippen LogP contribution in [0.2, 0.25) is 0 Å². The van der Waals surface area contributed by atoms with Gasteiger partial charge in [0.05, 0.1) is 0 Å². The van der Waals surface area contributed by atoms with E-state index in [1.54, 1.807) is 44.9 Å². The van der Waals surface area contributed by atoms with Crippen molar-refractivity contribution < 1.29 is 0 Å². The predicted molar refractivity (Wildman–Crippen MR) is 78.2 cm³/mol. The maximum atomic E-state index is 2.93. The minimum absolute atomic E-state index is 1.13. The number of hydrogen-bond donors (Lipinski definition) is 0. The fourth-order valence-electron chi connectivity index (χ4n) is 5.60. The van der Waals surface area contributed by atoms with Crippen LogP contribution in [-0.4, -0.2) is 6.16 Å². The van der Waals surface area contributed by atoms with Crippen LogP contribution < -0.4 is 0 Å². The third-order valence-electron chi connectivity index (χ3n) is 6.14. The van der Waals surface area contributed by atoms with Crippen molar-refractivity contribution in [2.45, 2.75) is 64.2 Å². The van der Waals surface area contributed by atoms with Crippen molar-refractivity contribution in [2.75, 3.05) is 6.16 Å². The van der Waals surface area contributed by atoms with Gasteiger partial charge in [-0.25, -0.2) is 0 Å². The lowest BCUT2D eigenvalue weighted by atomic mass is 9.73. The number of rotatable bonds is 3. The lowest BCUT2D eigenvalue weighted by Crippen LogP contribution is -2.22. The van der Waals surface area contributed by atoms with Crippen LogP contribution in [0.3, 0.4) is 0 Å². The molecule has 0 N–H and O–H groups in total. The maximum Gasteiger partial charge on any atom is -0.0352 e. The van der Waals surface area contributed by atoms with Gasteiger partial charge in [-0.15, -0.1) is 9.24 Å². The summed E-state index contributed by atoms with van der Waals surface area (Å²) in [6.07, 6.45) is 16.8. The zero-order chi connectivity index (χ0) is 11.7. The van der Waals surface area contributed by atoms with Gasteiger partial charge in [0.2, 0.25) is 0 Å². The number of hydrogen-bond acceptors (Lipinski definition) is 0. The van der Waals surface area contributed by atoms with Gasteiger partial charge in [-0.3, -0.25) is 0 Å². The summed E-state index contributed by atoms with van der Waals surface area (Å²) in [7, 11) is 2.93. The van der Waals surface area contributed by atoms with E-state index in [2.05, 4.69) is 9.24 Å². The molecular weight excluding hydrogens is 223 g/mol. The van der Waals surface area contributed by atoms with E-state index < -0.39 is 0 Å². The quantitative estimate of drug-likeness (QED) is 0.628. The summed E-state index contributed by atoms with van der Waals surface area (Å²) in [5.74, 6) is 5.74. The molecule has 3 fully saturated rings. The molecule has 0 aromatic heterocycles. The molecule has 3 aliphatic rings. The van der Waals surface area contributed by atoms with E-state index in [-0.39, 0.29) is 0 Å². The first-order valence-corrected chi connectivity index (χ1v) is 8.93. The first-order chi connectivity index (χ1) is 8.42. The first-order valence-electron chi connectivity index (χ1n) is 8.12. The van der Waals surface area contributed by atoms with Crippen molar-refractivity contribution in [3.05, 3.63) is 0 Å². The standard InChI is InChI=1S/C16H29P/c17-11-5-10-16-14-8-3-1-6-12(14)13-7-2-4-9-15(13)16/h12-16H,1-11,17H2. The Morgan fingerprint density at radius 1 is 0.706 bits per heavy atom. The third-order valence-corrected chi connectivity index (χ3v) is 6.55. The summed E-state index contributed by atoms with van der Waals surface area (Å²) >= 11 is 0. The average Bonchev–Trinajstić information content (AvgIpc) is 2.71. The monoisotopic (exact) mass is 252 g/mol. The summed E-state index contributed by atoms with van der Waals surface area (Å²) in [6, 6.07) is 0. The van der Waals surface area contributed by atoms with Crippen LogP contribution in [-0.2, 0) is 0 Å². The Balaban J connectivity index is 1.75. The average molecular weight is 252 g/mol. The SMILES string of the molecule is PCCCC1C2CCCCC2C2CCCCC12. The molecule has 5 atom stereocenters. The van der Waals surface area contributed by atoms with Crippen LogP contribution in [0, 0.1) is 29.6 Å². The van der Waals surface area contributed by atoms with E-state index in [1.165, 1.54) is 25.4 Å². The molecule has 1 heteroatoms. The van der Waals surface area contributed by atoms with Gasteiger partial charge < -0.3 is 0 Å². The molecule has 0 aromatic carbocycles. The van der Waals surface area contributed by atoms with Crippen molar-refractivity contribution in [3.63, 3.8) is 0 Å². The molecule has 5 unspecified atom stereocenters. The molecule has 3 rings (SSSR count). The molecular formula is C16H29P. The van der Waals surface area contributed by atoms with Gasteiger partial charge in [-0.05, 0) is 74.3 Å². The zero-order valence-corrected chi connectivity index (χ0v) is 12.4. The minimum Gasteiger partial charge on any atom is -0.138 e. The fourth-order valence-corrected chi connectivity index (χ4v) is 5.84. The third kappa shape index (κ3) is 2.32. The zero-order valence-electron chi connectivity index (χ0n) is 11.2. The topological polar surface area (TPSA) is 0 Å². The molecule has 0 nitrogen and oxygen atoms in total. The lowest BCUT2D eigenvalue weighted by Gasteiger charge is -2.32. The molecule has 0 spiro atoms. The van der Waals surface area contributed by atoms with Crippen molar-refractivity contribution in [3.8, 4) is 0 Å². The predicted octanol–water partition coefficient (Wildman–Crippen LogP) is 4.88. The molecule has 0 aromatic rings.